The van der Waals surface area contributed by atoms with Crippen LogP contribution in [0.5, 0.6) is 0 Å². The van der Waals surface area contributed by atoms with Crippen LogP contribution in [0.3, 0.4) is 0 Å². The Morgan fingerprint density at radius 1 is 1.24 bits per heavy atom. The van der Waals surface area contributed by atoms with Crippen molar-refractivity contribution in [1.82, 2.24) is 4.90 Å². The van der Waals surface area contributed by atoms with Gasteiger partial charge in [-0.2, -0.15) is 0 Å². The number of hydrogen-bond acceptors (Lipinski definition) is 1. The molecule has 1 heterocycles. The van der Waals surface area contributed by atoms with Gasteiger partial charge in [0.2, 0.25) is 0 Å². The van der Waals surface area contributed by atoms with Crippen LogP contribution in [0.1, 0.15) is 31.2 Å². The van der Waals surface area contributed by atoms with Crippen molar-refractivity contribution in [1.29, 1.82) is 0 Å². The summed E-state index contributed by atoms with van der Waals surface area (Å²) in [5.74, 6) is 0.754. The van der Waals surface area contributed by atoms with Crippen LogP contribution in [-0.2, 0) is 6.54 Å². The van der Waals surface area contributed by atoms with E-state index in [-0.39, 0.29) is 0 Å². The largest absolute Gasteiger partial charge is 0.295 e. The second-order valence-corrected chi connectivity index (χ2v) is 5.88. The number of benzene rings is 1. The van der Waals surface area contributed by atoms with Gasteiger partial charge in [0.1, 0.15) is 0 Å². The van der Waals surface area contributed by atoms with E-state index < -0.39 is 0 Å². The topological polar surface area (TPSA) is 3.24 Å². The van der Waals surface area contributed by atoms with Gasteiger partial charge in [0, 0.05) is 22.9 Å². The highest BCUT2D eigenvalue weighted by Gasteiger charge is 2.20. The maximum absolute atomic E-state index is 6.10. The van der Waals surface area contributed by atoms with Crippen LogP contribution >= 0.6 is 27.5 Å². The molecule has 0 saturated carbocycles. The standard InChI is InChI=1S/C14H19BrClN/c15-14-8-4-3-6-12(14)11-17-9-5-1-2-7-13(17)10-16/h3-4,6,8,13H,1-2,5,7,9-11H2. The third kappa shape index (κ3) is 3.70. The molecule has 1 aromatic carbocycles. The molecule has 0 amide bonds. The van der Waals surface area contributed by atoms with E-state index in [0.717, 1.165) is 12.4 Å². The predicted molar refractivity (Wildman–Crippen MR) is 77.5 cm³/mol. The van der Waals surface area contributed by atoms with Gasteiger partial charge in [0.15, 0.2) is 0 Å². The molecule has 1 fully saturated rings. The molecule has 0 bridgehead atoms. The van der Waals surface area contributed by atoms with Crippen LogP contribution < -0.4 is 0 Å². The number of halogens is 2. The zero-order valence-corrected chi connectivity index (χ0v) is 12.4. The Kier molecular flexibility index (Phi) is 5.33. The van der Waals surface area contributed by atoms with Crippen molar-refractivity contribution in [2.75, 3.05) is 12.4 Å². The first kappa shape index (κ1) is 13.4. The number of alkyl halides is 1. The van der Waals surface area contributed by atoms with Crippen LogP contribution in [0.2, 0.25) is 0 Å². The molecular weight excluding hydrogens is 298 g/mol. The van der Waals surface area contributed by atoms with E-state index in [4.69, 9.17) is 11.6 Å². The van der Waals surface area contributed by atoms with E-state index in [1.165, 1.54) is 42.3 Å². The molecule has 1 aliphatic heterocycles. The van der Waals surface area contributed by atoms with Crippen LogP contribution in [0.25, 0.3) is 0 Å². The maximum atomic E-state index is 6.10. The highest BCUT2D eigenvalue weighted by Crippen LogP contribution is 2.23. The Balaban J connectivity index is 2.07. The molecule has 17 heavy (non-hydrogen) atoms. The molecule has 0 radical (unpaired) electrons. The molecular formula is C14H19BrClN. The van der Waals surface area contributed by atoms with Gasteiger partial charge in [-0.25, -0.2) is 0 Å². The summed E-state index contributed by atoms with van der Waals surface area (Å²) in [4.78, 5) is 2.54. The summed E-state index contributed by atoms with van der Waals surface area (Å²) >= 11 is 9.73. The summed E-state index contributed by atoms with van der Waals surface area (Å²) in [6.07, 6.45) is 5.22. The lowest BCUT2D eigenvalue weighted by Gasteiger charge is -2.28. The Morgan fingerprint density at radius 2 is 2.06 bits per heavy atom. The zero-order valence-electron chi connectivity index (χ0n) is 10.0. The Labute approximate surface area is 117 Å². The van der Waals surface area contributed by atoms with E-state index in [2.05, 4.69) is 45.1 Å². The molecule has 0 aromatic heterocycles. The lowest BCUT2D eigenvalue weighted by molar-refractivity contribution is 0.207. The molecule has 1 aromatic rings. The molecule has 1 unspecified atom stereocenters. The lowest BCUT2D eigenvalue weighted by Crippen LogP contribution is -2.35. The second-order valence-electron chi connectivity index (χ2n) is 4.72. The molecule has 1 nitrogen and oxygen atoms in total. The molecule has 0 spiro atoms. The van der Waals surface area contributed by atoms with E-state index >= 15 is 0 Å². The predicted octanol–water partition coefficient (Wildman–Crippen LogP) is 4.43. The summed E-state index contributed by atoms with van der Waals surface area (Å²) < 4.78 is 1.21. The first-order valence-electron chi connectivity index (χ1n) is 6.34. The van der Waals surface area contributed by atoms with E-state index in [9.17, 15) is 0 Å². The minimum absolute atomic E-state index is 0.547. The summed E-state index contributed by atoms with van der Waals surface area (Å²) in [5, 5.41) is 0. The fourth-order valence-electron chi connectivity index (χ4n) is 2.47. The van der Waals surface area contributed by atoms with Crippen molar-refractivity contribution in [3.8, 4) is 0 Å². The van der Waals surface area contributed by atoms with Crippen molar-refractivity contribution in [2.45, 2.75) is 38.3 Å². The number of hydrogen-bond donors (Lipinski definition) is 0. The highest BCUT2D eigenvalue weighted by atomic mass is 79.9. The molecule has 1 saturated heterocycles. The molecule has 3 heteroatoms. The minimum atomic E-state index is 0.547. The first-order valence-corrected chi connectivity index (χ1v) is 7.67. The summed E-state index contributed by atoms with van der Waals surface area (Å²) in [7, 11) is 0. The van der Waals surface area contributed by atoms with Crippen LogP contribution in [0.15, 0.2) is 28.7 Å². The normalized spacial score (nSPS) is 22.4. The SMILES string of the molecule is ClCC1CCCCCN1Cc1ccccc1Br. The Morgan fingerprint density at radius 3 is 2.82 bits per heavy atom. The third-order valence-electron chi connectivity index (χ3n) is 3.51. The van der Waals surface area contributed by atoms with E-state index in [0.29, 0.717) is 6.04 Å². The molecule has 1 aliphatic rings. The fourth-order valence-corrected chi connectivity index (χ4v) is 3.22. The molecule has 0 N–H and O–H groups in total. The average Bonchev–Trinajstić information content (AvgIpc) is 2.57. The first-order chi connectivity index (χ1) is 8.31. The van der Waals surface area contributed by atoms with Crippen molar-refractivity contribution < 1.29 is 0 Å². The van der Waals surface area contributed by atoms with Gasteiger partial charge in [-0.05, 0) is 31.0 Å². The molecule has 1 atom stereocenters. The van der Waals surface area contributed by atoms with Gasteiger partial charge in [-0.3, -0.25) is 4.90 Å². The van der Waals surface area contributed by atoms with Gasteiger partial charge in [-0.1, -0.05) is 47.0 Å². The van der Waals surface area contributed by atoms with Crippen LogP contribution in [-0.4, -0.2) is 23.4 Å². The van der Waals surface area contributed by atoms with Crippen molar-refractivity contribution in [2.24, 2.45) is 0 Å². The third-order valence-corrected chi connectivity index (χ3v) is 4.64. The summed E-state index contributed by atoms with van der Waals surface area (Å²) in [5.41, 5.74) is 1.37. The smallest absolute Gasteiger partial charge is 0.0379 e. The van der Waals surface area contributed by atoms with Crippen molar-refractivity contribution >= 4 is 27.5 Å². The second kappa shape index (κ2) is 6.77. The highest BCUT2D eigenvalue weighted by molar-refractivity contribution is 9.10. The monoisotopic (exact) mass is 315 g/mol. The number of nitrogens with zero attached hydrogens (tertiary/aromatic N) is 1. The van der Waals surface area contributed by atoms with Crippen LogP contribution in [0, 0.1) is 0 Å². The van der Waals surface area contributed by atoms with Crippen LogP contribution in [0.4, 0.5) is 0 Å². The van der Waals surface area contributed by atoms with Gasteiger partial charge < -0.3 is 0 Å². The molecule has 0 aliphatic carbocycles. The zero-order chi connectivity index (χ0) is 12.1. The van der Waals surface area contributed by atoms with E-state index in [1.807, 2.05) is 0 Å². The Hall–Kier alpha value is -0.0500. The molecule has 2 rings (SSSR count). The number of likely N-dealkylation sites (tertiary alicyclic amines) is 1. The quantitative estimate of drug-likeness (QED) is 0.746. The van der Waals surface area contributed by atoms with Gasteiger partial charge >= 0.3 is 0 Å². The maximum Gasteiger partial charge on any atom is 0.0379 e. The minimum Gasteiger partial charge on any atom is -0.295 e. The Bertz CT molecular complexity index is 356. The van der Waals surface area contributed by atoms with Gasteiger partial charge in [-0.15, -0.1) is 11.6 Å². The number of rotatable bonds is 3. The van der Waals surface area contributed by atoms with Gasteiger partial charge in [0.25, 0.3) is 0 Å². The summed E-state index contributed by atoms with van der Waals surface area (Å²) in [6, 6.07) is 9.03. The fraction of sp³-hybridized carbons (Fsp3) is 0.571. The van der Waals surface area contributed by atoms with Crippen molar-refractivity contribution in [3.63, 3.8) is 0 Å². The van der Waals surface area contributed by atoms with Crippen molar-refractivity contribution in [3.05, 3.63) is 34.3 Å². The molecule has 94 valence electrons. The lowest BCUT2D eigenvalue weighted by atomic mass is 10.1. The summed E-state index contributed by atoms with van der Waals surface area (Å²) in [6.45, 7) is 2.19. The average molecular weight is 317 g/mol. The van der Waals surface area contributed by atoms with Gasteiger partial charge in [0.05, 0.1) is 0 Å². The van der Waals surface area contributed by atoms with E-state index in [1.54, 1.807) is 0 Å².